The van der Waals surface area contributed by atoms with Gasteiger partial charge >= 0.3 is 0 Å². The zero-order valence-corrected chi connectivity index (χ0v) is 18.2. The summed E-state index contributed by atoms with van der Waals surface area (Å²) in [5.74, 6) is 0.535. The van der Waals surface area contributed by atoms with Crippen molar-refractivity contribution in [2.75, 3.05) is 24.3 Å². The number of aromatic nitrogens is 2. The van der Waals surface area contributed by atoms with E-state index < -0.39 is 6.10 Å². The first-order chi connectivity index (χ1) is 14.8. The molecular weight excluding hydrogens is 395 g/mol. The Hall–Kier alpha value is -3.07. The molecule has 2 atom stereocenters. The Morgan fingerprint density at radius 2 is 1.84 bits per heavy atom. The van der Waals surface area contributed by atoms with Gasteiger partial charge in [0.05, 0.1) is 11.8 Å². The molecule has 164 valence electrons. The summed E-state index contributed by atoms with van der Waals surface area (Å²) in [6, 6.07) is 16.3. The number of hydrogen-bond donors (Lipinski definition) is 3. The summed E-state index contributed by atoms with van der Waals surface area (Å²) >= 11 is 0. The molecule has 0 amide bonds. The number of aliphatic hydroxyl groups is 1. The molecule has 3 N–H and O–H groups in total. The molecule has 0 fully saturated rings. The summed E-state index contributed by atoms with van der Waals surface area (Å²) in [5.41, 5.74) is 5.49. The zero-order chi connectivity index (χ0) is 22.4. The Bertz CT molecular complexity index is 973. The van der Waals surface area contributed by atoms with Crippen molar-refractivity contribution in [2.24, 2.45) is 0 Å². The Morgan fingerprint density at radius 3 is 2.52 bits per heavy atom. The van der Waals surface area contributed by atoms with Crippen LogP contribution in [0.3, 0.4) is 0 Å². The predicted molar refractivity (Wildman–Crippen MR) is 122 cm³/mol. The molecule has 31 heavy (non-hydrogen) atoms. The van der Waals surface area contributed by atoms with Crippen LogP contribution in [0.2, 0.25) is 0 Å². The average molecular weight is 425 g/mol. The molecule has 0 radical (unpaired) electrons. The molecular formula is C23H29FN6O. The summed E-state index contributed by atoms with van der Waals surface area (Å²) in [4.78, 5) is 11.0. The fraction of sp³-hybridized carbons (Fsp3) is 0.304. The fourth-order valence-corrected chi connectivity index (χ4v) is 3.27. The minimum absolute atomic E-state index is 0.316. The van der Waals surface area contributed by atoms with Gasteiger partial charge in [-0.2, -0.15) is 4.98 Å². The molecule has 0 bridgehead atoms. The lowest BCUT2D eigenvalue weighted by atomic mass is 10.2. The Morgan fingerprint density at radius 1 is 1.10 bits per heavy atom. The second-order valence-electron chi connectivity index (χ2n) is 7.68. The van der Waals surface area contributed by atoms with Gasteiger partial charge in [0.2, 0.25) is 5.95 Å². The maximum Gasteiger partial charge on any atom is 0.233 e. The molecule has 3 rings (SSSR count). The number of nitrogens with one attached hydrogen (secondary N) is 2. The van der Waals surface area contributed by atoms with Crippen LogP contribution in [0.1, 0.15) is 18.9 Å². The Kier molecular flexibility index (Phi) is 7.51. The lowest BCUT2D eigenvalue weighted by Crippen LogP contribution is -2.51. The number of rotatable bonds is 9. The van der Waals surface area contributed by atoms with Crippen molar-refractivity contribution in [3.05, 3.63) is 72.2 Å². The highest BCUT2D eigenvalue weighted by molar-refractivity contribution is 5.62. The minimum Gasteiger partial charge on any atom is -0.393 e. The highest BCUT2D eigenvalue weighted by atomic mass is 19.1. The molecule has 2 aromatic carbocycles. The van der Waals surface area contributed by atoms with E-state index in [-0.39, 0.29) is 12.0 Å². The van der Waals surface area contributed by atoms with Crippen LogP contribution < -0.4 is 15.6 Å². The van der Waals surface area contributed by atoms with Crippen molar-refractivity contribution < 1.29 is 9.50 Å². The lowest BCUT2D eigenvalue weighted by Gasteiger charge is -2.35. The van der Waals surface area contributed by atoms with Gasteiger partial charge < -0.3 is 10.4 Å². The number of nitrogens with zero attached hydrogens (tertiary/aromatic N) is 4. The molecule has 1 aromatic heterocycles. The van der Waals surface area contributed by atoms with E-state index in [4.69, 9.17) is 0 Å². The van der Waals surface area contributed by atoms with E-state index in [1.807, 2.05) is 61.3 Å². The summed E-state index contributed by atoms with van der Waals surface area (Å²) in [6.07, 6.45) is 1.19. The summed E-state index contributed by atoms with van der Waals surface area (Å²) in [7, 11) is 3.77. The number of aryl methyl sites for hydroxylation is 1. The average Bonchev–Trinajstić information content (AvgIpc) is 2.71. The molecule has 2 unspecified atom stereocenters. The van der Waals surface area contributed by atoms with E-state index in [9.17, 15) is 9.50 Å². The monoisotopic (exact) mass is 424 g/mol. The van der Waals surface area contributed by atoms with Gasteiger partial charge in [-0.15, -0.1) is 0 Å². The largest absolute Gasteiger partial charge is 0.393 e. The summed E-state index contributed by atoms with van der Waals surface area (Å²) in [6.45, 7) is 3.65. The number of para-hydroxylation sites is 1. The maximum atomic E-state index is 14.2. The summed E-state index contributed by atoms with van der Waals surface area (Å²) in [5, 5.41) is 15.0. The lowest BCUT2D eigenvalue weighted by molar-refractivity contribution is 0.142. The molecule has 8 heteroatoms. The molecule has 0 aliphatic heterocycles. The number of benzene rings is 2. The van der Waals surface area contributed by atoms with Crippen molar-refractivity contribution in [2.45, 2.75) is 32.5 Å². The van der Waals surface area contributed by atoms with Crippen LogP contribution in [0.25, 0.3) is 0 Å². The smallest absolute Gasteiger partial charge is 0.233 e. The number of aliphatic hydroxyl groups excluding tert-OH is 1. The van der Waals surface area contributed by atoms with Crippen LogP contribution in [-0.2, 0) is 0 Å². The van der Waals surface area contributed by atoms with Crippen LogP contribution in [0.15, 0.2) is 60.8 Å². The Labute approximate surface area is 182 Å². The zero-order valence-electron chi connectivity index (χ0n) is 18.2. The van der Waals surface area contributed by atoms with E-state index in [0.717, 1.165) is 11.3 Å². The van der Waals surface area contributed by atoms with Crippen LogP contribution in [0, 0.1) is 12.7 Å². The molecule has 1 heterocycles. The van der Waals surface area contributed by atoms with Crippen molar-refractivity contribution in [3.8, 4) is 0 Å². The number of halogens is 1. The van der Waals surface area contributed by atoms with Gasteiger partial charge in [-0.05, 0) is 49.7 Å². The van der Waals surface area contributed by atoms with Gasteiger partial charge in [0.25, 0.3) is 0 Å². The predicted octanol–water partition coefficient (Wildman–Crippen LogP) is 3.97. The molecule has 0 aliphatic rings. The number of hydrogen-bond acceptors (Lipinski definition) is 7. The number of hydrazine groups is 1. The molecule has 0 saturated heterocycles. The second-order valence-corrected chi connectivity index (χ2v) is 7.68. The number of anilines is 4. The second kappa shape index (κ2) is 10.3. The van der Waals surface area contributed by atoms with Gasteiger partial charge in [-0.3, -0.25) is 4.90 Å². The molecule has 0 spiro atoms. The maximum absolute atomic E-state index is 14.2. The minimum atomic E-state index is -0.550. The SMILES string of the molecule is Cc1ccc(F)c(Nc2ccnc(N(c3ccccc3)C(CC(C)O)NN(C)C)n2)c1. The third kappa shape index (κ3) is 6.21. The van der Waals surface area contributed by atoms with Crippen LogP contribution >= 0.6 is 0 Å². The topological polar surface area (TPSA) is 76.6 Å². The first-order valence-electron chi connectivity index (χ1n) is 10.2. The third-order valence-electron chi connectivity index (χ3n) is 4.56. The first kappa shape index (κ1) is 22.6. The molecule has 7 nitrogen and oxygen atoms in total. The normalized spacial score (nSPS) is 13.1. The molecule has 0 aliphatic carbocycles. The third-order valence-corrected chi connectivity index (χ3v) is 4.56. The van der Waals surface area contributed by atoms with E-state index in [0.29, 0.717) is 23.9 Å². The highest BCUT2D eigenvalue weighted by Crippen LogP contribution is 2.28. The van der Waals surface area contributed by atoms with E-state index >= 15 is 0 Å². The van der Waals surface area contributed by atoms with Crippen LogP contribution in [0.4, 0.5) is 27.5 Å². The van der Waals surface area contributed by atoms with E-state index in [1.54, 1.807) is 31.3 Å². The van der Waals surface area contributed by atoms with Gasteiger partial charge in [0.1, 0.15) is 17.8 Å². The van der Waals surface area contributed by atoms with E-state index in [1.165, 1.54) is 6.07 Å². The molecule has 0 saturated carbocycles. The first-order valence-corrected chi connectivity index (χ1v) is 10.2. The van der Waals surface area contributed by atoms with E-state index in [2.05, 4.69) is 20.7 Å². The highest BCUT2D eigenvalue weighted by Gasteiger charge is 2.25. The van der Waals surface area contributed by atoms with Crippen molar-refractivity contribution in [1.29, 1.82) is 0 Å². The van der Waals surface area contributed by atoms with Crippen molar-refractivity contribution in [3.63, 3.8) is 0 Å². The van der Waals surface area contributed by atoms with Crippen LogP contribution in [0.5, 0.6) is 0 Å². The van der Waals surface area contributed by atoms with Gasteiger partial charge in [0.15, 0.2) is 0 Å². The summed E-state index contributed by atoms with van der Waals surface area (Å²) < 4.78 is 14.2. The van der Waals surface area contributed by atoms with Gasteiger partial charge in [0, 0.05) is 32.4 Å². The molecule has 3 aromatic rings. The van der Waals surface area contributed by atoms with Crippen molar-refractivity contribution in [1.82, 2.24) is 20.4 Å². The fourth-order valence-electron chi connectivity index (χ4n) is 3.27. The van der Waals surface area contributed by atoms with Gasteiger partial charge in [-0.25, -0.2) is 19.8 Å². The standard InChI is InChI=1S/C23H29FN6O/c1-16-10-11-19(24)20(14-16)26-21-12-13-25-23(27-21)30(18-8-6-5-7-9-18)22(15-17(2)31)28-29(3)4/h5-14,17,22,28,31H,15H2,1-4H3,(H,25,26,27). The van der Waals surface area contributed by atoms with Crippen molar-refractivity contribution >= 4 is 23.1 Å². The van der Waals surface area contributed by atoms with Gasteiger partial charge in [-0.1, -0.05) is 24.3 Å². The Balaban J connectivity index is 2.01. The van der Waals surface area contributed by atoms with Crippen LogP contribution in [-0.4, -0.2) is 46.4 Å². The quantitative estimate of drug-likeness (QED) is 0.354.